The number of nitrogens with zero attached hydrogens (tertiary/aromatic N) is 1. The molecule has 0 atom stereocenters. The zero-order chi connectivity index (χ0) is 18.6. The van der Waals surface area contributed by atoms with E-state index < -0.39 is 16.0 Å². The summed E-state index contributed by atoms with van der Waals surface area (Å²) in [4.78, 5) is 23.0. The molecular weight excluding hydrogens is 344 g/mol. The predicted molar refractivity (Wildman–Crippen MR) is 91.9 cm³/mol. The van der Waals surface area contributed by atoms with Crippen LogP contribution in [0.4, 0.5) is 0 Å². The lowest BCUT2D eigenvalue weighted by molar-refractivity contribution is 0.0696. The Bertz CT molecular complexity index is 872. The average Bonchev–Trinajstić information content (AvgIpc) is 2.60. The molecule has 2 aromatic rings. The van der Waals surface area contributed by atoms with Gasteiger partial charge in [0.1, 0.15) is 0 Å². The smallest absolute Gasteiger partial charge is 0.335 e. The summed E-state index contributed by atoms with van der Waals surface area (Å²) in [5.41, 5.74) is 1.26. The highest BCUT2D eigenvalue weighted by Crippen LogP contribution is 2.14. The number of benzene rings is 2. The molecule has 1 amide bonds. The molecule has 2 N–H and O–H groups in total. The van der Waals surface area contributed by atoms with Crippen LogP contribution in [-0.4, -0.2) is 43.8 Å². The summed E-state index contributed by atoms with van der Waals surface area (Å²) in [6, 6.07) is 11.8. The molecule has 2 aromatic carbocycles. The average molecular weight is 362 g/mol. The lowest BCUT2D eigenvalue weighted by atomic mass is 10.1. The first-order valence-corrected chi connectivity index (χ1v) is 8.79. The van der Waals surface area contributed by atoms with Crippen LogP contribution in [0.2, 0.25) is 0 Å². The molecule has 0 aliphatic carbocycles. The van der Waals surface area contributed by atoms with Crippen molar-refractivity contribution in [2.75, 3.05) is 14.1 Å². The molecule has 0 spiro atoms. The molecule has 0 radical (unpaired) electrons. The van der Waals surface area contributed by atoms with Crippen LogP contribution in [0.1, 0.15) is 26.3 Å². The highest BCUT2D eigenvalue weighted by Gasteiger charge is 2.17. The second-order valence-electron chi connectivity index (χ2n) is 5.50. The largest absolute Gasteiger partial charge is 0.478 e. The van der Waals surface area contributed by atoms with Crippen LogP contribution in [0.5, 0.6) is 0 Å². The first-order valence-electron chi connectivity index (χ1n) is 7.35. The summed E-state index contributed by atoms with van der Waals surface area (Å²) >= 11 is 0. The van der Waals surface area contributed by atoms with Crippen molar-refractivity contribution in [1.82, 2.24) is 9.62 Å². The fourth-order valence-electron chi connectivity index (χ4n) is 2.04. The highest BCUT2D eigenvalue weighted by molar-refractivity contribution is 7.89. The molecule has 0 saturated heterocycles. The van der Waals surface area contributed by atoms with Gasteiger partial charge in [-0.2, -0.15) is 0 Å². The molecule has 0 aromatic heterocycles. The quantitative estimate of drug-likeness (QED) is 0.812. The lowest BCUT2D eigenvalue weighted by Crippen LogP contribution is -2.24. The van der Waals surface area contributed by atoms with E-state index in [4.69, 9.17) is 5.11 Å². The third-order valence-electron chi connectivity index (χ3n) is 3.55. The van der Waals surface area contributed by atoms with Gasteiger partial charge in [0.15, 0.2) is 0 Å². The van der Waals surface area contributed by atoms with Gasteiger partial charge in [-0.05, 0) is 42.0 Å². The topological polar surface area (TPSA) is 104 Å². The first-order chi connectivity index (χ1) is 11.7. The molecule has 0 bridgehead atoms. The summed E-state index contributed by atoms with van der Waals surface area (Å²) in [6.07, 6.45) is 0. The van der Waals surface area contributed by atoms with Crippen LogP contribution < -0.4 is 5.32 Å². The summed E-state index contributed by atoms with van der Waals surface area (Å²) in [7, 11) is -0.660. The monoisotopic (exact) mass is 362 g/mol. The number of hydrogen-bond donors (Lipinski definition) is 2. The van der Waals surface area contributed by atoms with Crippen LogP contribution in [0.15, 0.2) is 53.4 Å². The zero-order valence-corrected chi connectivity index (χ0v) is 14.6. The number of carbonyl (C=O) groups is 2. The molecule has 0 aliphatic rings. The van der Waals surface area contributed by atoms with E-state index in [-0.39, 0.29) is 22.9 Å². The molecule has 7 nitrogen and oxygen atoms in total. The Hall–Kier alpha value is -2.71. The van der Waals surface area contributed by atoms with Crippen molar-refractivity contribution in [3.8, 4) is 0 Å². The van der Waals surface area contributed by atoms with Gasteiger partial charge in [0.2, 0.25) is 10.0 Å². The maximum Gasteiger partial charge on any atom is 0.335 e. The van der Waals surface area contributed by atoms with Gasteiger partial charge in [-0.3, -0.25) is 4.79 Å². The molecule has 2 rings (SSSR count). The number of amides is 1. The van der Waals surface area contributed by atoms with Crippen molar-refractivity contribution < 1.29 is 23.1 Å². The number of aromatic carboxylic acids is 1. The standard InChI is InChI=1S/C17H18N2O5S/c1-19(2)25(23,24)15-9-7-13(8-10-15)16(20)18-11-12-3-5-14(6-4-12)17(21)22/h3-10H,11H2,1-2H3,(H,18,20)(H,21,22). The van der Waals surface area contributed by atoms with E-state index in [1.165, 1.54) is 50.5 Å². The van der Waals surface area contributed by atoms with Crippen LogP contribution in [0.3, 0.4) is 0 Å². The fraction of sp³-hybridized carbons (Fsp3) is 0.176. The Morgan fingerprint density at radius 3 is 1.96 bits per heavy atom. The molecule has 0 saturated carbocycles. The second kappa shape index (κ2) is 7.45. The van der Waals surface area contributed by atoms with Crippen LogP contribution in [0.25, 0.3) is 0 Å². The highest BCUT2D eigenvalue weighted by atomic mass is 32.2. The Balaban J connectivity index is 2.02. The van der Waals surface area contributed by atoms with Crippen LogP contribution in [-0.2, 0) is 16.6 Å². The van der Waals surface area contributed by atoms with E-state index in [9.17, 15) is 18.0 Å². The minimum atomic E-state index is -3.53. The molecule has 132 valence electrons. The number of carboxylic acids is 1. The van der Waals surface area contributed by atoms with E-state index in [0.717, 1.165) is 9.87 Å². The van der Waals surface area contributed by atoms with Gasteiger partial charge >= 0.3 is 5.97 Å². The van der Waals surface area contributed by atoms with Crippen molar-refractivity contribution in [2.24, 2.45) is 0 Å². The van der Waals surface area contributed by atoms with E-state index in [2.05, 4.69) is 5.32 Å². The SMILES string of the molecule is CN(C)S(=O)(=O)c1ccc(C(=O)NCc2ccc(C(=O)O)cc2)cc1. The number of nitrogens with one attached hydrogen (secondary N) is 1. The van der Waals surface area contributed by atoms with Gasteiger partial charge in [0, 0.05) is 26.2 Å². The number of sulfonamides is 1. The minimum absolute atomic E-state index is 0.110. The Morgan fingerprint density at radius 1 is 0.960 bits per heavy atom. The van der Waals surface area contributed by atoms with Gasteiger partial charge in [-0.25, -0.2) is 17.5 Å². The van der Waals surface area contributed by atoms with E-state index in [0.29, 0.717) is 5.56 Å². The van der Waals surface area contributed by atoms with E-state index >= 15 is 0 Å². The Labute approximate surface area is 146 Å². The minimum Gasteiger partial charge on any atom is -0.478 e. The zero-order valence-electron chi connectivity index (χ0n) is 13.8. The maximum absolute atomic E-state index is 12.1. The van der Waals surface area contributed by atoms with Crippen molar-refractivity contribution in [1.29, 1.82) is 0 Å². The Kier molecular flexibility index (Phi) is 5.55. The summed E-state index contributed by atoms with van der Waals surface area (Å²) in [5.74, 6) is -1.36. The fourth-order valence-corrected chi connectivity index (χ4v) is 2.94. The van der Waals surface area contributed by atoms with E-state index in [1.807, 2.05) is 0 Å². The predicted octanol–water partition coefficient (Wildman–Crippen LogP) is 1.57. The Morgan fingerprint density at radius 2 is 1.48 bits per heavy atom. The van der Waals surface area contributed by atoms with Crippen LogP contribution in [0, 0.1) is 0 Å². The van der Waals surface area contributed by atoms with E-state index in [1.54, 1.807) is 12.1 Å². The van der Waals surface area contributed by atoms with Crippen molar-refractivity contribution >= 4 is 21.9 Å². The molecule has 0 aliphatic heterocycles. The number of hydrogen-bond acceptors (Lipinski definition) is 4. The number of carboxylic acid groups (broad SMARTS) is 1. The van der Waals surface area contributed by atoms with Gasteiger partial charge < -0.3 is 10.4 Å². The number of rotatable bonds is 6. The van der Waals surface area contributed by atoms with Gasteiger partial charge in [-0.15, -0.1) is 0 Å². The third-order valence-corrected chi connectivity index (χ3v) is 5.38. The molecule has 0 fully saturated rings. The maximum atomic E-state index is 12.1. The number of carbonyl (C=O) groups excluding carboxylic acids is 1. The lowest BCUT2D eigenvalue weighted by Gasteiger charge is -2.11. The summed E-state index contributed by atoms with van der Waals surface area (Å²) in [5, 5.41) is 11.5. The van der Waals surface area contributed by atoms with Crippen molar-refractivity contribution in [3.63, 3.8) is 0 Å². The molecule has 25 heavy (non-hydrogen) atoms. The molecular formula is C17H18N2O5S. The molecule has 0 heterocycles. The molecule has 0 unspecified atom stereocenters. The van der Waals surface area contributed by atoms with Crippen molar-refractivity contribution in [2.45, 2.75) is 11.4 Å². The van der Waals surface area contributed by atoms with Crippen molar-refractivity contribution in [3.05, 3.63) is 65.2 Å². The normalized spacial score (nSPS) is 11.3. The molecule has 8 heteroatoms. The summed E-state index contributed by atoms with van der Waals surface area (Å²) < 4.78 is 25.1. The van der Waals surface area contributed by atoms with Gasteiger partial charge in [0.25, 0.3) is 5.91 Å². The summed E-state index contributed by atoms with van der Waals surface area (Å²) in [6.45, 7) is 0.233. The second-order valence-corrected chi connectivity index (χ2v) is 7.65. The van der Waals surface area contributed by atoms with Gasteiger partial charge in [-0.1, -0.05) is 12.1 Å². The first kappa shape index (κ1) is 18.6. The van der Waals surface area contributed by atoms with Crippen LogP contribution >= 0.6 is 0 Å². The van der Waals surface area contributed by atoms with Gasteiger partial charge in [0.05, 0.1) is 10.5 Å². The third kappa shape index (κ3) is 4.43.